The second-order valence-electron chi connectivity index (χ2n) is 7.14. The van der Waals surface area contributed by atoms with Gasteiger partial charge >= 0.3 is 0 Å². The van der Waals surface area contributed by atoms with E-state index in [1.807, 2.05) is 66.9 Å². The first-order chi connectivity index (χ1) is 15.0. The van der Waals surface area contributed by atoms with Gasteiger partial charge in [-0.15, -0.1) is 10.2 Å². The van der Waals surface area contributed by atoms with Crippen molar-refractivity contribution >= 4 is 23.4 Å². The zero-order chi connectivity index (χ0) is 21.8. The Hall–Kier alpha value is -3.45. The molecule has 0 aliphatic carbocycles. The Morgan fingerprint density at radius 2 is 1.81 bits per heavy atom. The lowest BCUT2D eigenvalue weighted by atomic mass is 10.1. The van der Waals surface area contributed by atoms with Gasteiger partial charge in [-0.1, -0.05) is 59.8 Å². The summed E-state index contributed by atoms with van der Waals surface area (Å²) in [4.78, 5) is 12.5. The lowest BCUT2D eigenvalue weighted by Crippen LogP contribution is -2.15. The Morgan fingerprint density at radius 1 is 1.00 bits per heavy atom. The van der Waals surface area contributed by atoms with Crippen LogP contribution >= 0.6 is 11.8 Å². The number of hydrogen-bond donors (Lipinski definition) is 1. The summed E-state index contributed by atoms with van der Waals surface area (Å²) in [5.74, 6) is 0.201. The van der Waals surface area contributed by atoms with Crippen LogP contribution in [0.25, 0.3) is 17.1 Å². The Bertz CT molecular complexity index is 1220. The van der Waals surface area contributed by atoms with Gasteiger partial charge in [-0.05, 0) is 49.7 Å². The summed E-state index contributed by atoms with van der Waals surface area (Å²) in [5, 5.41) is 12.1. The molecule has 4 aromatic rings. The molecule has 4 rings (SSSR count). The standard InChI is InChI=1S/C24H21FN4OS/c1-16-7-6-8-18(13-16)23-27-28-24(29(23)20-9-4-3-5-10-20)31-15-22(30)26-21-14-19(25)12-11-17(21)2/h3-14H,15H2,1-2H3,(H,26,30). The minimum atomic E-state index is -0.389. The van der Waals surface area contributed by atoms with Crippen molar-refractivity contribution in [2.75, 3.05) is 11.1 Å². The zero-order valence-electron chi connectivity index (χ0n) is 17.2. The Labute approximate surface area is 184 Å². The van der Waals surface area contributed by atoms with Crippen molar-refractivity contribution in [3.05, 3.63) is 89.7 Å². The molecule has 7 heteroatoms. The first kappa shape index (κ1) is 20.8. The lowest BCUT2D eigenvalue weighted by Gasteiger charge is -2.11. The molecule has 0 unspecified atom stereocenters. The van der Waals surface area contributed by atoms with Gasteiger partial charge < -0.3 is 5.32 Å². The van der Waals surface area contributed by atoms with E-state index in [1.165, 1.54) is 23.9 Å². The Morgan fingerprint density at radius 3 is 2.58 bits per heavy atom. The van der Waals surface area contributed by atoms with Gasteiger partial charge in [-0.2, -0.15) is 0 Å². The topological polar surface area (TPSA) is 59.8 Å². The number of halogens is 1. The number of benzene rings is 3. The van der Waals surface area contributed by atoms with Crippen molar-refractivity contribution in [2.24, 2.45) is 0 Å². The van der Waals surface area contributed by atoms with Crippen LogP contribution in [0.5, 0.6) is 0 Å². The van der Waals surface area contributed by atoms with Crippen LogP contribution in [-0.4, -0.2) is 26.4 Å². The molecule has 1 N–H and O–H groups in total. The number of carbonyl (C=O) groups is 1. The van der Waals surface area contributed by atoms with Crippen molar-refractivity contribution in [3.63, 3.8) is 0 Å². The summed E-state index contributed by atoms with van der Waals surface area (Å²) < 4.78 is 15.4. The first-order valence-corrected chi connectivity index (χ1v) is 10.8. The van der Waals surface area contributed by atoms with Crippen LogP contribution in [-0.2, 0) is 4.79 Å². The molecule has 0 aliphatic rings. The molecule has 5 nitrogen and oxygen atoms in total. The smallest absolute Gasteiger partial charge is 0.234 e. The van der Waals surface area contributed by atoms with E-state index in [0.29, 0.717) is 16.7 Å². The molecular weight excluding hydrogens is 411 g/mol. The van der Waals surface area contributed by atoms with E-state index in [1.54, 1.807) is 6.07 Å². The number of nitrogens with zero attached hydrogens (tertiary/aromatic N) is 3. The fourth-order valence-corrected chi connectivity index (χ4v) is 3.94. The number of aromatic nitrogens is 3. The number of carbonyl (C=O) groups excluding carboxylic acids is 1. The van der Waals surface area contributed by atoms with E-state index in [4.69, 9.17) is 0 Å². The number of aryl methyl sites for hydroxylation is 2. The maximum absolute atomic E-state index is 13.5. The molecule has 0 spiro atoms. The molecule has 0 radical (unpaired) electrons. The second kappa shape index (κ2) is 9.14. The number of nitrogens with one attached hydrogen (secondary N) is 1. The van der Waals surface area contributed by atoms with Gasteiger partial charge in [0.25, 0.3) is 0 Å². The van der Waals surface area contributed by atoms with Crippen LogP contribution in [0, 0.1) is 19.7 Å². The predicted molar refractivity (Wildman–Crippen MR) is 122 cm³/mol. The van der Waals surface area contributed by atoms with Gasteiger partial charge in [0.15, 0.2) is 11.0 Å². The summed E-state index contributed by atoms with van der Waals surface area (Å²) >= 11 is 1.28. The van der Waals surface area contributed by atoms with Crippen molar-refractivity contribution in [2.45, 2.75) is 19.0 Å². The van der Waals surface area contributed by atoms with Crippen molar-refractivity contribution in [1.82, 2.24) is 14.8 Å². The van der Waals surface area contributed by atoms with Crippen LogP contribution in [0.15, 0.2) is 78.0 Å². The average Bonchev–Trinajstić information content (AvgIpc) is 3.19. The lowest BCUT2D eigenvalue weighted by molar-refractivity contribution is -0.113. The van der Waals surface area contributed by atoms with Gasteiger partial charge in [0, 0.05) is 16.9 Å². The summed E-state index contributed by atoms with van der Waals surface area (Å²) in [6.07, 6.45) is 0. The zero-order valence-corrected chi connectivity index (χ0v) is 18.0. The van der Waals surface area contributed by atoms with Crippen molar-refractivity contribution in [3.8, 4) is 17.1 Å². The van der Waals surface area contributed by atoms with Gasteiger partial charge in [0.2, 0.25) is 5.91 Å². The molecule has 156 valence electrons. The van der Waals surface area contributed by atoms with E-state index >= 15 is 0 Å². The maximum atomic E-state index is 13.5. The molecule has 0 saturated heterocycles. The molecule has 0 bridgehead atoms. The fourth-order valence-electron chi connectivity index (χ4n) is 3.19. The van der Waals surface area contributed by atoms with E-state index in [-0.39, 0.29) is 17.5 Å². The van der Waals surface area contributed by atoms with Crippen molar-refractivity contribution in [1.29, 1.82) is 0 Å². The molecule has 1 amide bonds. The van der Waals surface area contributed by atoms with Crippen LogP contribution in [0.3, 0.4) is 0 Å². The molecular formula is C24H21FN4OS. The van der Waals surface area contributed by atoms with Gasteiger partial charge in [0.1, 0.15) is 5.82 Å². The highest BCUT2D eigenvalue weighted by molar-refractivity contribution is 7.99. The third-order valence-electron chi connectivity index (χ3n) is 4.73. The summed E-state index contributed by atoms with van der Waals surface area (Å²) in [5.41, 5.74) is 4.25. The maximum Gasteiger partial charge on any atom is 0.234 e. The predicted octanol–water partition coefficient (Wildman–Crippen LogP) is 5.42. The highest BCUT2D eigenvalue weighted by Crippen LogP contribution is 2.28. The third-order valence-corrected chi connectivity index (χ3v) is 5.66. The van der Waals surface area contributed by atoms with Gasteiger partial charge in [-0.25, -0.2) is 4.39 Å². The largest absolute Gasteiger partial charge is 0.325 e. The van der Waals surface area contributed by atoms with Crippen LogP contribution in [0.1, 0.15) is 11.1 Å². The number of anilines is 1. The fraction of sp³-hybridized carbons (Fsp3) is 0.125. The number of thioether (sulfide) groups is 1. The number of hydrogen-bond acceptors (Lipinski definition) is 4. The monoisotopic (exact) mass is 432 g/mol. The van der Waals surface area contributed by atoms with E-state index in [0.717, 1.165) is 22.4 Å². The van der Waals surface area contributed by atoms with E-state index in [9.17, 15) is 9.18 Å². The quantitative estimate of drug-likeness (QED) is 0.413. The molecule has 0 aliphatic heterocycles. The molecule has 1 heterocycles. The second-order valence-corrected chi connectivity index (χ2v) is 8.09. The first-order valence-electron chi connectivity index (χ1n) is 9.78. The van der Waals surface area contributed by atoms with E-state index in [2.05, 4.69) is 21.6 Å². The number of rotatable bonds is 6. The summed E-state index contributed by atoms with van der Waals surface area (Å²) in [6.45, 7) is 3.85. The average molecular weight is 433 g/mol. The molecule has 0 fully saturated rings. The Kier molecular flexibility index (Phi) is 6.13. The van der Waals surface area contributed by atoms with Crippen LogP contribution < -0.4 is 5.32 Å². The van der Waals surface area contributed by atoms with Crippen LogP contribution in [0.4, 0.5) is 10.1 Å². The molecule has 31 heavy (non-hydrogen) atoms. The highest BCUT2D eigenvalue weighted by Gasteiger charge is 2.17. The van der Waals surface area contributed by atoms with Crippen LogP contribution in [0.2, 0.25) is 0 Å². The normalized spacial score (nSPS) is 10.8. The molecule has 3 aromatic carbocycles. The summed E-state index contributed by atoms with van der Waals surface area (Å²) in [7, 11) is 0. The molecule has 0 atom stereocenters. The van der Waals surface area contributed by atoms with Crippen molar-refractivity contribution < 1.29 is 9.18 Å². The Balaban J connectivity index is 1.60. The summed E-state index contributed by atoms with van der Waals surface area (Å²) in [6, 6.07) is 22.2. The molecule has 0 saturated carbocycles. The van der Waals surface area contributed by atoms with Gasteiger partial charge in [-0.3, -0.25) is 9.36 Å². The highest BCUT2D eigenvalue weighted by atomic mass is 32.2. The van der Waals surface area contributed by atoms with E-state index < -0.39 is 0 Å². The minimum absolute atomic E-state index is 0.120. The third kappa shape index (κ3) is 4.83. The SMILES string of the molecule is Cc1cccc(-c2nnc(SCC(=O)Nc3cc(F)ccc3C)n2-c2ccccc2)c1. The molecule has 1 aromatic heterocycles. The van der Waals surface area contributed by atoms with Gasteiger partial charge in [0.05, 0.1) is 5.75 Å². The number of para-hydroxylation sites is 1. The minimum Gasteiger partial charge on any atom is -0.325 e. The number of amides is 1.